The molecule has 0 spiro atoms. The van der Waals surface area contributed by atoms with Crippen LogP contribution in [0.2, 0.25) is 0 Å². The van der Waals surface area contributed by atoms with Gasteiger partial charge in [-0.2, -0.15) is 5.10 Å². The topological polar surface area (TPSA) is 77.0 Å². The van der Waals surface area contributed by atoms with Crippen LogP contribution in [-0.2, 0) is 7.05 Å². The van der Waals surface area contributed by atoms with Crippen LogP contribution in [0, 0.1) is 12.8 Å². The molecule has 0 aliphatic carbocycles. The van der Waals surface area contributed by atoms with E-state index in [1.165, 1.54) is 0 Å². The maximum Gasteiger partial charge on any atom is 0.254 e. The van der Waals surface area contributed by atoms with Crippen LogP contribution < -0.4 is 5.73 Å². The van der Waals surface area contributed by atoms with Gasteiger partial charge in [0, 0.05) is 25.7 Å². The number of carbonyl (C=O) groups excluding carboxylic acids is 1. The van der Waals surface area contributed by atoms with E-state index >= 15 is 0 Å². The molecule has 1 aliphatic heterocycles. The van der Waals surface area contributed by atoms with Gasteiger partial charge in [-0.25, -0.2) is 4.98 Å². The first-order chi connectivity index (χ1) is 13.1. The highest BCUT2D eigenvalue weighted by Crippen LogP contribution is 2.28. The summed E-state index contributed by atoms with van der Waals surface area (Å²) in [6.07, 6.45) is 1.93. The summed E-state index contributed by atoms with van der Waals surface area (Å²) in [6, 6.07) is 11.9. The molecule has 0 radical (unpaired) electrons. The Balaban J connectivity index is 1.80. The van der Waals surface area contributed by atoms with Gasteiger partial charge in [0.2, 0.25) is 0 Å². The van der Waals surface area contributed by atoms with Gasteiger partial charge < -0.3 is 10.6 Å². The first kappa shape index (κ1) is 17.7. The Hall–Kier alpha value is -2.73. The molecule has 0 unspecified atom stereocenters. The maximum absolute atomic E-state index is 13.4. The van der Waals surface area contributed by atoms with E-state index in [2.05, 4.69) is 5.10 Å². The van der Waals surface area contributed by atoms with E-state index in [0.717, 1.165) is 53.9 Å². The molecule has 1 amide bonds. The molecule has 4 rings (SSSR count). The summed E-state index contributed by atoms with van der Waals surface area (Å²) in [5.74, 6) is 0.581. The molecule has 0 saturated carbocycles. The summed E-state index contributed by atoms with van der Waals surface area (Å²) >= 11 is 0. The average Bonchev–Trinajstić information content (AvgIpc) is 3.01. The SMILES string of the molecule is Cc1nn(C)c2nc(-c3ccccc3)cc(C(=O)N3CCC(CN)CC3)c12. The van der Waals surface area contributed by atoms with Crippen LogP contribution in [0.25, 0.3) is 22.3 Å². The van der Waals surface area contributed by atoms with Gasteiger partial charge in [0.1, 0.15) is 0 Å². The molecule has 0 bridgehead atoms. The third-order valence-corrected chi connectivity index (χ3v) is 5.50. The highest BCUT2D eigenvalue weighted by Gasteiger charge is 2.26. The van der Waals surface area contributed by atoms with Crippen LogP contribution in [0.4, 0.5) is 0 Å². The van der Waals surface area contributed by atoms with Crippen molar-refractivity contribution in [3.05, 3.63) is 47.7 Å². The van der Waals surface area contributed by atoms with Gasteiger partial charge in [-0.1, -0.05) is 30.3 Å². The molecule has 140 valence electrons. The number of pyridine rings is 1. The Morgan fingerprint density at radius 2 is 1.93 bits per heavy atom. The lowest BCUT2D eigenvalue weighted by Gasteiger charge is -2.31. The van der Waals surface area contributed by atoms with Crippen LogP contribution in [0.3, 0.4) is 0 Å². The summed E-state index contributed by atoms with van der Waals surface area (Å²) in [5, 5.41) is 5.36. The summed E-state index contributed by atoms with van der Waals surface area (Å²) < 4.78 is 1.76. The highest BCUT2D eigenvalue weighted by atomic mass is 16.2. The Kier molecular flexibility index (Phi) is 4.66. The largest absolute Gasteiger partial charge is 0.339 e. The molecule has 1 saturated heterocycles. The number of carbonyl (C=O) groups is 1. The molecule has 3 aromatic rings. The van der Waals surface area contributed by atoms with Crippen molar-refractivity contribution >= 4 is 16.9 Å². The molecule has 1 aliphatic rings. The van der Waals surface area contributed by atoms with Crippen molar-refractivity contribution in [2.24, 2.45) is 18.7 Å². The van der Waals surface area contributed by atoms with E-state index in [9.17, 15) is 4.79 Å². The number of fused-ring (bicyclic) bond motifs is 1. The van der Waals surface area contributed by atoms with Crippen molar-refractivity contribution in [1.82, 2.24) is 19.7 Å². The zero-order chi connectivity index (χ0) is 19.0. The highest BCUT2D eigenvalue weighted by molar-refractivity contribution is 6.07. The number of benzene rings is 1. The number of nitrogens with two attached hydrogens (primary N) is 1. The van der Waals surface area contributed by atoms with Crippen molar-refractivity contribution in [2.45, 2.75) is 19.8 Å². The molecule has 2 aromatic heterocycles. The van der Waals surface area contributed by atoms with Crippen molar-refractivity contribution in [1.29, 1.82) is 0 Å². The van der Waals surface area contributed by atoms with E-state index in [-0.39, 0.29) is 5.91 Å². The van der Waals surface area contributed by atoms with Crippen molar-refractivity contribution in [3.63, 3.8) is 0 Å². The number of rotatable bonds is 3. The number of nitrogens with zero attached hydrogens (tertiary/aromatic N) is 4. The standard InChI is InChI=1S/C21H25N5O/c1-14-19-17(21(27)26-10-8-15(13-22)9-11-26)12-18(16-6-4-3-5-7-16)23-20(19)25(2)24-14/h3-7,12,15H,8-11,13,22H2,1-2H3. The number of piperidine rings is 1. The molecule has 1 fully saturated rings. The number of aryl methyl sites for hydroxylation is 2. The summed E-state index contributed by atoms with van der Waals surface area (Å²) in [6.45, 7) is 4.14. The zero-order valence-electron chi connectivity index (χ0n) is 15.9. The second-order valence-corrected chi connectivity index (χ2v) is 7.30. The Bertz CT molecular complexity index is 971. The smallest absolute Gasteiger partial charge is 0.254 e. The first-order valence-electron chi connectivity index (χ1n) is 9.47. The zero-order valence-corrected chi connectivity index (χ0v) is 15.9. The van der Waals surface area contributed by atoms with Gasteiger partial charge >= 0.3 is 0 Å². The number of hydrogen-bond donors (Lipinski definition) is 1. The van der Waals surface area contributed by atoms with Gasteiger partial charge in [-0.3, -0.25) is 9.48 Å². The molecule has 27 heavy (non-hydrogen) atoms. The minimum Gasteiger partial charge on any atom is -0.339 e. The van der Waals surface area contributed by atoms with Crippen LogP contribution in [-0.4, -0.2) is 45.2 Å². The van der Waals surface area contributed by atoms with Crippen LogP contribution in [0.1, 0.15) is 28.9 Å². The fraction of sp³-hybridized carbons (Fsp3) is 0.381. The maximum atomic E-state index is 13.4. The summed E-state index contributed by atoms with van der Waals surface area (Å²) in [7, 11) is 1.87. The molecule has 2 N–H and O–H groups in total. The lowest BCUT2D eigenvalue weighted by Crippen LogP contribution is -2.40. The molecular weight excluding hydrogens is 338 g/mol. The second-order valence-electron chi connectivity index (χ2n) is 7.30. The van der Waals surface area contributed by atoms with Crippen molar-refractivity contribution < 1.29 is 4.79 Å². The number of aromatic nitrogens is 3. The Labute approximate surface area is 159 Å². The number of likely N-dealkylation sites (tertiary alicyclic amines) is 1. The van der Waals surface area contributed by atoms with Gasteiger partial charge in [0.05, 0.1) is 22.3 Å². The van der Waals surface area contributed by atoms with Crippen molar-refractivity contribution in [3.8, 4) is 11.3 Å². The number of amides is 1. The third kappa shape index (κ3) is 3.21. The molecular formula is C21H25N5O. The quantitative estimate of drug-likeness (QED) is 0.776. The summed E-state index contributed by atoms with van der Waals surface area (Å²) in [5.41, 5.74) is 9.85. The lowest BCUT2D eigenvalue weighted by molar-refractivity contribution is 0.0695. The molecule has 6 nitrogen and oxygen atoms in total. The van der Waals surface area contributed by atoms with E-state index < -0.39 is 0 Å². The third-order valence-electron chi connectivity index (χ3n) is 5.50. The van der Waals surface area contributed by atoms with Crippen LogP contribution >= 0.6 is 0 Å². The lowest BCUT2D eigenvalue weighted by atomic mass is 9.96. The summed E-state index contributed by atoms with van der Waals surface area (Å²) in [4.78, 5) is 20.1. The van der Waals surface area contributed by atoms with Crippen LogP contribution in [0.5, 0.6) is 0 Å². The second kappa shape index (κ2) is 7.12. The fourth-order valence-corrected chi connectivity index (χ4v) is 3.91. The predicted molar refractivity (Wildman–Crippen MR) is 106 cm³/mol. The normalized spacial score (nSPS) is 15.4. The fourth-order valence-electron chi connectivity index (χ4n) is 3.91. The van der Waals surface area contributed by atoms with Gasteiger partial charge in [-0.15, -0.1) is 0 Å². The molecule has 6 heteroatoms. The van der Waals surface area contributed by atoms with Crippen LogP contribution in [0.15, 0.2) is 36.4 Å². The molecule has 1 aromatic carbocycles. The van der Waals surface area contributed by atoms with Gasteiger partial charge in [0.25, 0.3) is 5.91 Å². The minimum atomic E-state index is 0.0613. The van der Waals surface area contributed by atoms with Gasteiger partial charge in [-0.05, 0) is 38.3 Å². The Morgan fingerprint density at radius 3 is 2.59 bits per heavy atom. The minimum absolute atomic E-state index is 0.0613. The van der Waals surface area contributed by atoms with E-state index in [4.69, 9.17) is 10.7 Å². The predicted octanol–water partition coefficient (Wildman–Crippen LogP) is 2.75. The van der Waals surface area contributed by atoms with E-state index in [0.29, 0.717) is 18.0 Å². The van der Waals surface area contributed by atoms with E-state index in [1.54, 1.807) is 4.68 Å². The number of hydrogen-bond acceptors (Lipinski definition) is 4. The Morgan fingerprint density at radius 1 is 1.22 bits per heavy atom. The van der Waals surface area contributed by atoms with E-state index in [1.807, 2.05) is 55.3 Å². The molecule has 3 heterocycles. The average molecular weight is 363 g/mol. The van der Waals surface area contributed by atoms with Crippen molar-refractivity contribution in [2.75, 3.05) is 19.6 Å². The first-order valence-corrected chi connectivity index (χ1v) is 9.47. The van der Waals surface area contributed by atoms with Gasteiger partial charge in [0.15, 0.2) is 5.65 Å². The molecule has 0 atom stereocenters. The monoisotopic (exact) mass is 363 g/mol.